The van der Waals surface area contributed by atoms with Crippen LogP contribution in [0.3, 0.4) is 0 Å². The van der Waals surface area contributed by atoms with E-state index in [1.54, 1.807) is 23.1 Å². The maximum absolute atomic E-state index is 13.3. The van der Waals surface area contributed by atoms with Crippen LogP contribution in [-0.2, 0) is 4.74 Å². The maximum atomic E-state index is 13.3. The van der Waals surface area contributed by atoms with Crippen LogP contribution in [0, 0.1) is 11.6 Å². The standard InChI is InChI=1S/C17H15F2NO2/c18-14-6-4-12(5-7-14)16-11-22-9-8-20(16)17(21)13-2-1-3-15(19)10-13/h1-7,10,16H,8-9,11H2. The summed E-state index contributed by atoms with van der Waals surface area (Å²) in [4.78, 5) is 14.3. The van der Waals surface area contributed by atoms with Gasteiger partial charge in [0.2, 0.25) is 0 Å². The number of carbonyl (C=O) groups is 1. The second kappa shape index (κ2) is 6.23. The van der Waals surface area contributed by atoms with Crippen LogP contribution < -0.4 is 0 Å². The summed E-state index contributed by atoms with van der Waals surface area (Å²) in [5.41, 5.74) is 1.10. The number of hydrogen-bond donors (Lipinski definition) is 0. The van der Waals surface area contributed by atoms with E-state index in [4.69, 9.17) is 4.74 Å². The molecule has 1 saturated heterocycles. The summed E-state index contributed by atoms with van der Waals surface area (Å²) in [6.07, 6.45) is 0. The van der Waals surface area contributed by atoms with Crippen molar-refractivity contribution in [1.82, 2.24) is 4.90 Å². The van der Waals surface area contributed by atoms with Crippen molar-refractivity contribution in [2.45, 2.75) is 6.04 Å². The highest BCUT2D eigenvalue weighted by Gasteiger charge is 2.29. The van der Waals surface area contributed by atoms with Gasteiger partial charge in [0.25, 0.3) is 5.91 Å². The fourth-order valence-electron chi connectivity index (χ4n) is 2.60. The van der Waals surface area contributed by atoms with Crippen molar-refractivity contribution < 1.29 is 18.3 Å². The Morgan fingerprint density at radius 3 is 2.59 bits per heavy atom. The van der Waals surface area contributed by atoms with Crippen molar-refractivity contribution in [3.8, 4) is 0 Å². The minimum atomic E-state index is -0.447. The highest BCUT2D eigenvalue weighted by molar-refractivity contribution is 5.94. The van der Waals surface area contributed by atoms with Crippen molar-refractivity contribution in [1.29, 1.82) is 0 Å². The molecule has 1 aliphatic rings. The van der Waals surface area contributed by atoms with E-state index in [0.717, 1.165) is 5.56 Å². The normalized spacial score (nSPS) is 18.3. The van der Waals surface area contributed by atoms with Crippen molar-refractivity contribution in [3.05, 3.63) is 71.3 Å². The van der Waals surface area contributed by atoms with Crippen LogP contribution in [-0.4, -0.2) is 30.6 Å². The molecule has 1 aliphatic heterocycles. The minimum Gasteiger partial charge on any atom is -0.377 e. The predicted octanol–water partition coefficient (Wildman–Crippen LogP) is 3.18. The molecule has 1 amide bonds. The fourth-order valence-corrected chi connectivity index (χ4v) is 2.60. The highest BCUT2D eigenvalue weighted by atomic mass is 19.1. The van der Waals surface area contributed by atoms with Gasteiger partial charge in [-0.2, -0.15) is 0 Å². The molecular weight excluding hydrogens is 288 g/mol. The van der Waals surface area contributed by atoms with Gasteiger partial charge in [-0.25, -0.2) is 8.78 Å². The molecular formula is C17H15F2NO2. The number of rotatable bonds is 2. The molecule has 0 spiro atoms. The molecule has 0 aromatic heterocycles. The van der Waals surface area contributed by atoms with E-state index >= 15 is 0 Å². The first-order valence-corrected chi connectivity index (χ1v) is 7.05. The molecule has 5 heteroatoms. The summed E-state index contributed by atoms with van der Waals surface area (Å²) in [6, 6.07) is 11.3. The Labute approximate surface area is 127 Å². The smallest absolute Gasteiger partial charge is 0.254 e. The number of nitrogens with zero attached hydrogens (tertiary/aromatic N) is 1. The van der Waals surface area contributed by atoms with E-state index in [0.29, 0.717) is 25.3 Å². The number of carbonyl (C=O) groups excluding carboxylic acids is 1. The molecule has 0 bridgehead atoms. The lowest BCUT2D eigenvalue weighted by molar-refractivity contribution is -0.00273. The molecule has 3 rings (SSSR count). The Morgan fingerprint density at radius 1 is 1.09 bits per heavy atom. The van der Waals surface area contributed by atoms with Crippen molar-refractivity contribution in [2.24, 2.45) is 0 Å². The lowest BCUT2D eigenvalue weighted by atomic mass is 10.0. The third-order valence-corrected chi connectivity index (χ3v) is 3.72. The predicted molar refractivity (Wildman–Crippen MR) is 77.4 cm³/mol. The molecule has 2 aromatic carbocycles. The molecule has 2 aromatic rings. The summed E-state index contributed by atoms with van der Waals surface area (Å²) < 4.78 is 31.8. The SMILES string of the molecule is O=C(c1cccc(F)c1)N1CCOCC1c1ccc(F)cc1. The van der Waals surface area contributed by atoms with E-state index in [1.807, 2.05) is 0 Å². The van der Waals surface area contributed by atoms with Gasteiger partial charge in [-0.15, -0.1) is 0 Å². The van der Waals surface area contributed by atoms with Crippen molar-refractivity contribution >= 4 is 5.91 Å². The van der Waals surface area contributed by atoms with Crippen LogP contribution in [0.5, 0.6) is 0 Å². The van der Waals surface area contributed by atoms with E-state index in [-0.39, 0.29) is 17.8 Å². The summed E-state index contributed by atoms with van der Waals surface area (Å²) in [5, 5.41) is 0. The number of hydrogen-bond acceptors (Lipinski definition) is 2. The van der Waals surface area contributed by atoms with Gasteiger partial charge in [0.05, 0.1) is 19.3 Å². The zero-order chi connectivity index (χ0) is 15.5. The first kappa shape index (κ1) is 14.7. The Kier molecular flexibility index (Phi) is 4.15. The van der Waals surface area contributed by atoms with Crippen LogP contribution in [0.25, 0.3) is 0 Å². The quantitative estimate of drug-likeness (QED) is 0.853. The lowest BCUT2D eigenvalue weighted by Gasteiger charge is -2.36. The van der Waals surface area contributed by atoms with Gasteiger partial charge in [0.15, 0.2) is 0 Å². The van der Waals surface area contributed by atoms with E-state index in [9.17, 15) is 13.6 Å². The summed E-state index contributed by atoms with van der Waals surface area (Å²) in [6.45, 7) is 1.18. The van der Waals surface area contributed by atoms with E-state index in [1.165, 1.54) is 30.3 Å². The lowest BCUT2D eigenvalue weighted by Crippen LogP contribution is -2.43. The number of benzene rings is 2. The van der Waals surface area contributed by atoms with Crippen LogP contribution in [0.1, 0.15) is 22.0 Å². The molecule has 1 atom stereocenters. The van der Waals surface area contributed by atoms with E-state index < -0.39 is 5.82 Å². The van der Waals surface area contributed by atoms with Crippen molar-refractivity contribution in [3.63, 3.8) is 0 Å². The third kappa shape index (κ3) is 2.99. The molecule has 0 N–H and O–H groups in total. The zero-order valence-electron chi connectivity index (χ0n) is 11.8. The van der Waals surface area contributed by atoms with Crippen LogP contribution in [0.15, 0.2) is 48.5 Å². The van der Waals surface area contributed by atoms with Gasteiger partial charge in [-0.05, 0) is 35.9 Å². The molecule has 0 aliphatic carbocycles. The summed E-state index contributed by atoms with van der Waals surface area (Å²) in [5.74, 6) is -1.03. The summed E-state index contributed by atoms with van der Waals surface area (Å²) >= 11 is 0. The van der Waals surface area contributed by atoms with Crippen LogP contribution in [0.2, 0.25) is 0 Å². The Bertz CT molecular complexity index is 673. The van der Waals surface area contributed by atoms with Gasteiger partial charge in [-0.3, -0.25) is 4.79 Å². The Hall–Kier alpha value is -2.27. The van der Waals surface area contributed by atoms with E-state index in [2.05, 4.69) is 0 Å². The number of halogens is 2. The fraction of sp³-hybridized carbons (Fsp3) is 0.235. The third-order valence-electron chi connectivity index (χ3n) is 3.72. The van der Waals surface area contributed by atoms with Gasteiger partial charge in [-0.1, -0.05) is 18.2 Å². The highest BCUT2D eigenvalue weighted by Crippen LogP contribution is 2.26. The Morgan fingerprint density at radius 2 is 1.86 bits per heavy atom. The molecule has 0 saturated carbocycles. The molecule has 3 nitrogen and oxygen atoms in total. The second-order valence-electron chi connectivity index (χ2n) is 5.15. The Balaban J connectivity index is 1.89. The number of amides is 1. The van der Waals surface area contributed by atoms with Gasteiger partial charge in [0, 0.05) is 12.1 Å². The zero-order valence-corrected chi connectivity index (χ0v) is 11.8. The molecule has 1 fully saturated rings. The minimum absolute atomic E-state index is 0.253. The van der Waals surface area contributed by atoms with Crippen LogP contribution >= 0.6 is 0 Å². The molecule has 22 heavy (non-hydrogen) atoms. The number of morpholine rings is 1. The average Bonchev–Trinajstić information content (AvgIpc) is 2.55. The van der Waals surface area contributed by atoms with Crippen molar-refractivity contribution in [2.75, 3.05) is 19.8 Å². The van der Waals surface area contributed by atoms with Gasteiger partial charge < -0.3 is 9.64 Å². The molecule has 1 unspecified atom stereocenters. The average molecular weight is 303 g/mol. The monoisotopic (exact) mass is 303 g/mol. The topological polar surface area (TPSA) is 29.5 Å². The van der Waals surface area contributed by atoms with Gasteiger partial charge >= 0.3 is 0 Å². The summed E-state index contributed by atoms with van der Waals surface area (Å²) in [7, 11) is 0. The maximum Gasteiger partial charge on any atom is 0.254 e. The molecule has 0 radical (unpaired) electrons. The first-order valence-electron chi connectivity index (χ1n) is 7.05. The molecule has 1 heterocycles. The molecule has 114 valence electrons. The van der Waals surface area contributed by atoms with Crippen LogP contribution in [0.4, 0.5) is 8.78 Å². The number of ether oxygens (including phenoxy) is 1. The van der Waals surface area contributed by atoms with Gasteiger partial charge in [0.1, 0.15) is 11.6 Å². The first-order chi connectivity index (χ1) is 10.6. The largest absolute Gasteiger partial charge is 0.377 e. The second-order valence-corrected chi connectivity index (χ2v) is 5.15.